The highest BCUT2D eigenvalue weighted by atomic mass is 35.5. The first-order valence-corrected chi connectivity index (χ1v) is 19.3. The standard InChI is InChI=1S/C45H49N3O10.ClH/c1-23-19-31-36(43(31,4)5)44-21-24(2)39(45(44,56)37(51)26(22-57-25(3)49)20-30(23)38(44)52)58-42(55)27-13-8-10-16-32(27)46-41(54)29-15-12-18-34(50)35(29)47-40(53)28-14-9-11-17-33(28)48(6)7;/h8-18,20-21,23,30-31,36-37,39,50-51,56H,19,22H2,1-7H3,(H,46,54)(H,47,53);1H. The largest absolute Gasteiger partial charge is 0.506 e. The number of para-hydroxylation sites is 3. The third kappa shape index (κ3) is 6.88. The number of anilines is 3. The second kappa shape index (κ2) is 15.6. The Hall–Kier alpha value is -5.50. The van der Waals surface area contributed by atoms with Gasteiger partial charge in [-0.1, -0.05) is 63.3 Å². The molecule has 13 nitrogen and oxygen atoms in total. The maximum atomic E-state index is 14.9. The molecule has 4 aliphatic rings. The van der Waals surface area contributed by atoms with Crippen LogP contribution in [-0.2, 0) is 19.1 Å². The zero-order valence-electron chi connectivity index (χ0n) is 33.9. The van der Waals surface area contributed by atoms with Crippen molar-refractivity contribution in [3.05, 3.63) is 107 Å². The lowest BCUT2D eigenvalue weighted by Crippen LogP contribution is -2.65. The molecular weight excluding hydrogens is 778 g/mol. The normalized spacial score (nSPS) is 28.5. The fraction of sp³-hybridized carbons (Fsp3) is 0.400. The SMILES string of the molecule is CC(=O)OCC1=CC2C(=O)C3(C=C(C)C(OC(=O)c4ccccc4NC(=O)c4cccc(O)c4NC(=O)c4ccccc4N(C)C)C3(O)C1O)C1C(CC2C)C1(C)C.Cl. The Kier molecular flexibility index (Phi) is 11.4. The van der Waals surface area contributed by atoms with Crippen LogP contribution in [0.25, 0.3) is 0 Å². The summed E-state index contributed by atoms with van der Waals surface area (Å²) in [5.41, 5.74) is -3.35. The van der Waals surface area contributed by atoms with Gasteiger partial charge in [-0.05, 0) is 84.1 Å². The van der Waals surface area contributed by atoms with Gasteiger partial charge in [0.1, 0.15) is 18.5 Å². The Morgan fingerprint density at radius 3 is 2.22 bits per heavy atom. The molecular formula is C45H50ClN3O10. The third-order valence-corrected chi connectivity index (χ3v) is 12.8. The maximum absolute atomic E-state index is 14.9. The molecule has 2 amide bonds. The smallest absolute Gasteiger partial charge is 0.340 e. The molecule has 8 unspecified atom stereocenters. The van der Waals surface area contributed by atoms with Crippen LogP contribution in [0.15, 0.2) is 90.0 Å². The zero-order valence-corrected chi connectivity index (χ0v) is 34.8. The van der Waals surface area contributed by atoms with Crippen molar-refractivity contribution in [3.63, 3.8) is 0 Å². The number of amides is 2. The number of phenols is 1. The van der Waals surface area contributed by atoms with E-state index in [4.69, 9.17) is 9.47 Å². The van der Waals surface area contributed by atoms with Gasteiger partial charge in [-0.25, -0.2) is 4.79 Å². The predicted molar refractivity (Wildman–Crippen MR) is 223 cm³/mol. The summed E-state index contributed by atoms with van der Waals surface area (Å²) in [7, 11) is 3.56. The molecule has 7 rings (SSSR count). The molecule has 4 aliphatic carbocycles. The number of esters is 2. The number of phenolic OH excluding ortho intramolecular Hbond substituents is 1. The number of aliphatic hydroxyl groups is 2. The van der Waals surface area contributed by atoms with Crippen LogP contribution in [-0.4, -0.2) is 83.4 Å². The monoisotopic (exact) mass is 827 g/mol. The van der Waals surface area contributed by atoms with E-state index in [9.17, 15) is 39.3 Å². The van der Waals surface area contributed by atoms with E-state index in [0.717, 1.165) is 0 Å². The minimum absolute atomic E-state index is 0. The Labute approximate surface area is 348 Å². The summed E-state index contributed by atoms with van der Waals surface area (Å²) >= 11 is 0. The molecule has 0 radical (unpaired) electrons. The minimum atomic E-state index is -2.39. The van der Waals surface area contributed by atoms with E-state index in [1.807, 2.05) is 20.8 Å². The van der Waals surface area contributed by atoms with Gasteiger partial charge in [0.2, 0.25) is 0 Å². The Morgan fingerprint density at radius 2 is 1.54 bits per heavy atom. The fourth-order valence-corrected chi connectivity index (χ4v) is 9.98. The van der Waals surface area contributed by atoms with Crippen molar-refractivity contribution < 1.29 is 48.8 Å². The molecule has 3 aromatic carbocycles. The number of benzene rings is 3. The van der Waals surface area contributed by atoms with Crippen LogP contribution in [0.2, 0.25) is 0 Å². The van der Waals surface area contributed by atoms with Crippen molar-refractivity contribution in [2.24, 2.45) is 34.5 Å². The number of fused-ring (bicyclic) bond motifs is 2. The van der Waals surface area contributed by atoms with Crippen LogP contribution in [0.5, 0.6) is 5.75 Å². The van der Waals surface area contributed by atoms with E-state index in [1.165, 1.54) is 37.3 Å². The van der Waals surface area contributed by atoms with Gasteiger partial charge in [0.25, 0.3) is 11.8 Å². The van der Waals surface area contributed by atoms with Crippen molar-refractivity contribution >= 4 is 59.0 Å². The minimum Gasteiger partial charge on any atom is -0.506 e. The number of nitrogens with zero attached hydrogens (tertiary/aromatic N) is 1. The molecule has 14 heteroatoms. The maximum Gasteiger partial charge on any atom is 0.340 e. The van der Waals surface area contributed by atoms with Gasteiger partial charge in [0, 0.05) is 32.6 Å². The molecule has 8 atom stereocenters. The number of halogens is 1. The number of carbonyl (C=O) groups excluding carboxylic acids is 5. The molecule has 0 heterocycles. The predicted octanol–water partition coefficient (Wildman–Crippen LogP) is 5.95. The van der Waals surface area contributed by atoms with E-state index in [0.29, 0.717) is 23.2 Å². The van der Waals surface area contributed by atoms with Gasteiger partial charge < -0.3 is 40.3 Å². The van der Waals surface area contributed by atoms with Crippen molar-refractivity contribution in [1.29, 1.82) is 0 Å². The summed E-state index contributed by atoms with van der Waals surface area (Å²) in [5.74, 6) is -4.79. The lowest BCUT2D eigenvalue weighted by molar-refractivity contribution is -0.187. The average Bonchev–Trinajstić information content (AvgIpc) is 3.69. The Morgan fingerprint density at radius 1 is 0.915 bits per heavy atom. The molecule has 0 aliphatic heterocycles. The van der Waals surface area contributed by atoms with E-state index in [1.54, 1.807) is 74.5 Å². The molecule has 5 N–H and O–H groups in total. The number of carbonyl (C=O) groups is 5. The van der Waals surface area contributed by atoms with E-state index >= 15 is 0 Å². The van der Waals surface area contributed by atoms with Crippen LogP contribution >= 0.6 is 12.4 Å². The average molecular weight is 828 g/mol. The second-order valence-corrected chi connectivity index (χ2v) is 16.9. The molecule has 59 heavy (non-hydrogen) atoms. The molecule has 2 saturated carbocycles. The number of aromatic hydroxyl groups is 1. The van der Waals surface area contributed by atoms with Crippen molar-refractivity contribution in [2.45, 2.75) is 58.8 Å². The topological polar surface area (TPSA) is 192 Å². The van der Waals surface area contributed by atoms with Gasteiger partial charge in [0.15, 0.2) is 17.5 Å². The number of hydrogen-bond acceptors (Lipinski definition) is 11. The van der Waals surface area contributed by atoms with Gasteiger partial charge in [-0.15, -0.1) is 12.4 Å². The molecule has 0 aromatic heterocycles. The zero-order chi connectivity index (χ0) is 42.1. The number of aliphatic hydroxyl groups excluding tert-OH is 1. The first-order valence-electron chi connectivity index (χ1n) is 19.3. The first kappa shape index (κ1) is 43.1. The molecule has 312 valence electrons. The quantitative estimate of drug-likeness (QED) is 0.0974. The summed E-state index contributed by atoms with van der Waals surface area (Å²) in [6, 6.07) is 17.0. The lowest BCUT2D eigenvalue weighted by atomic mass is 9.61. The number of Topliss-reactive ketones (excluding diaryl/α,β-unsaturated/α-hetero) is 1. The van der Waals surface area contributed by atoms with Gasteiger partial charge in [0.05, 0.1) is 33.5 Å². The summed E-state index contributed by atoms with van der Waals surface area (Å²) in [5, 5.41) is 41.6. The molecule has 2 bridgehead atoms. The molecule has 0 saturated heterocycles. The Balaban J connectivity index is 0.00000585. The van der Waals surface area contributed by atoms with Gasteiger partial charge >= 0.3 is 11.9 Å². The highest BCUT2D eigenvalue weighted by Crippen LogP contribution is 2.76. The van der Waals surface area contributed by atoms with E-state index in [-0.39, 0.29) is 76.4 Å². The van der Waals surface area contributed by atoms with Crippen LogP contribution in [0, 0.1) is 34.5 Å². The summed E-state index contributed by atoms with van der Waals surface area (Å²) in [6.07, 6.45) is 0.693. The van der Waals surface area contributed by atoms with Crippen LogP contribution in [0.4, 0.5) is 17.1 Å². The summed E-state index contributed by atoms with van der Waals surface area (Å²) in [6.45, 7) is 8.53. The van der Waals surface area contributed by atoms with Crippen molar-refractivity contribution in [3.8, 4) is 5.75 Å². The van der Waals surface area contributed by atoms with Crippen LogP contribution in [0.1, 0.15) is 72.1 Å². The van der Waals surface area contributed by atoms with E-state index in [2.05, 4.69) is 10.6 Å². The third-order valence-electron chi connectivity index (χ3n) is 12.8. The highest BCUT2D eigenvalue weighted by molar-refractivity contribution is 6.16. The van der Waals surface area contributed by atoms with Crippen molar-refractivity contribution in [2.75, 3.05) is 36.2 Å². The fourth-order valence-electron chi connectivity index (χ4n) is 9.98. The summed E-state index contributed by atoms with van der Waals surface area (Å²) < 4.78 is 11.5. The van der Waals surface area contributed by atoms with Gasteiger partial charge in [-0.3, -0.25) is 19.2 Å². The second-order valence-electron chi connectivity index (χ2n) is 16.9. The highest BCUT2D eigenvalue weighted by Gasteiger charge is 2.81. The van der Waals surface area contributed by atoms with Gasteiger partial charge in [-0.2, -0.15) is 0 Å². The number of nitrogens with one attached hydrogen (secondary N) is 2. The van der Waals surface area contributed by atoms with Crippen LogP contribution < -0.4 is 15.5 Å². The number of rotatable bonds is 9. The summed E-state index contributed by atoms with van der Waals surface area (Å²) in [4.78, 5) is 70.3. The molecule has 2 fully saturated rings. The van der Waals surface area contributed by atoms with Crippen LogP contribution in [0.3, 0.4) is 0 Å². The Bertz CT molecular complexity index is 2300. The number of hydrogen-bond donors (Lipinski definition) is 5. The first-order chi connectivity index (χ1) is 27.4. The molecule has 3 aromatic rings. The lowest BCUT2D eigenvalue weighted by Gasteiger charge is -2.47. The van der Waals surface area contributed by atoms with E-state index < -0.39 is 58.3 Å². The molecule has 1 spiro atoms. The number of allylic oxidation sites excluding steroid dienone is 1. The van der Waals surface area contributed by atoms with Crippen molar-refractivity contribution in [1.82, 2.24) is 0 Å². The number of ether oxygens (including phenoxy) is 2. The number of ketones is 1.